The minimum absolute atomic E-state index is 0.0663. The number of benzene rings is 1. The summed E-state index contributed by atoms with van der Waals surface area (Å²) in [4.78, 5) is 2.60. The SMILES string of the molecule is CC1(C)C2=CCN(CCCc3ccccc3)C[C@@]2(C)CC[C@@H]1O. The smallest absolute Gasteiger partial charge is 0.0628 e. The molecular weight excluding hydrogens is 282 g/mol. The zero-order valence-corrected chi connectivity index (χ0v) is 14.9. The van der Waals surface area contributed by atoms with Crippen molar-refractivity contribution in [2.45, 2.75) is 52.6 Å². The van der Waals surface area contributed by atoms with Crippen LogP contribution in [0.25, 0.3) is 0 Å². The highest BCUT2D eigenvalue weighted by molar-refractivity contribution is 5.29. The molecule has 126 valence electrons. The third kappa shape index (κ3) is 3.39. The number of aliphatic hydroxyl groups is 1. The van der Waals surface area contributed by atoms with Gasteiger partial charge >= 0.3 is 0 Å². The quantitative estimate of drug-likeness (QED) is 0.848. The van der Waals surface area contributed by atoms with Gasteiger partial charge in [0.1, 0.15) is 0 Å². The van der Waals surface area contributed by atoms with E-state index in [-0.39, 0.29) is 16.9 Å². The maximum atomic E-state index is 10.4. The second kappa shape index (κ2) is 6.41. The van der Waals surface area contributed by atoms with E-state index in [0.29, 0.717) is 0 Å². The Morgan fingerprint density at radius 3 is 2.65 bits per heavy atom. The van der Waals surface area contributed by atoms with Crippen LogP contribution < -0.4 is 0 Å². The van der Waals surface area contributed by atoms with Crippen molar-refractivity contribution in [2.75, 3.05) is 19.6 Å². The van der Waals surface area contributed by atoms with Gasteiger partial charge < -0.3 is 5.11 Å². The molecule has 2 aliphatic rings. The molecule has 1 aliphatic heterocycles. The number of fused-ring (bicyclic) bond motifs is 1. The maximum absolute atomic E-state index is 10.4. The molecule has 1 heterocycles. The fraction of sp³-hybridized carbons (Fsp3) is 0.619. The highest BCUT2D eigenvalue weighted by Crippen LogP contribution is 2.52. The molecule has 1 aromatic rings. The van der Waals surface area contributed by atoms with Gasteiger partial charge in [-0.3, -0.25) is 4.90 Å². The molecule has 0 unspecified atom stereocenters. The fourth-order valence-corrected chi connectivity index (χ4v) is 4.68. The van der Waals surface area contributed by atoms with Crippen LogP contribution in [0.1, 0.15) is 45.6 Å². The Balaban J connectivity index is 1.61. The Kier molecular flexibility index (Phi) is 4.66. The van der Waals surface area contributed by atoms with E-state index in [0.717, 1.165) is 38.9 Å². The molecular formula is C21H31NO. The third-order valence-corrected chi connectivity index (χ3v) is 6.06. The lowest BCUT2D eigenvalue weighted by Gasteiger charge is -2.52. The average Bonchev–Trinajstić information content (AvgIpc) is 2.52. The van der Waals surface area contributed by atoms with E-state index < -0.39 is 0 Å². The zero-order valence-electron chi connectivity index (χ0n) is 14.9. The minimum atomic E-state index is -0.188. The van der Waals surface area contributed by atoms with Crippen molar-refractivity contribution in [3.8, 4) is 0 Å². The zero-order chi connectivity index (χ0) is 16.5. The molecule has 23 heavy (non-hydrogen) atoms. The number of hydrogen-bond donors (Lipinski definition) is 1. The van der Waals surface area contributed by atoms with Gasteiger partial charge in [-0.05, 0) is 37.8 Å². The number of hydrogen-bond acceptors (Lipinski definition) is 2. The lowest BCUT2D eigenvalue weighted by Crippen LogP contribution is -2.51. The summed E-state index contributed by atoms with van der Waals surface area (Å²) in [6.07, 6.45) is 6.64. The van der Waals surface area contributed by atoms with E-state index in [1.807, 2.05) is 0 Å². The Hall–Kier alpha value is -1.12. The summed E-state index contributed by atoms with van der Waals surface area (Å²) in [7, 11) is 0. The highest BCUT2D eigenvalue weighted by Gasteiger charge is 2.48. The molecule has 3 rings (SSSR count). The Morgan fingerprint density at radius 1 is 1.17 bits per heavy atom. The normalized spacial score (nSPS) is 30.6. The first-order chi connectivity index (χ1) is 10.9. The van der Waals surface area contributed by atoms with Crippen LogP contribution in [0.3, 0.4) is 0 Å². The van der Waals surface area contributed by atoms with Crippen LogP contribution in [0.15, 0.2) is 42.0 Å². The largest absolute Gasteiger partial charge is 0.392 e. The van der Waals surface area contributed by atoms with E-state index in [4.69, 9.17) is 0 Å². The minimum Gasteiger partial charge on any atom is -0.392 e. The summed E-state index contributed by atoms with van der Waals surface area (Å²) >= 11 is 0. The van der Waals surface area contributed by atoms with Gasteiger partial charge in [0.15, 0.2) is 0 Å². The summed E-state index contributed by atoms with van der Waals surface area (Å²) in [6.45, 7) is 10.2. The second-order valence-corrected chi connectivity index (χ2v) is 8.28. The van der Waals surface area contributed by atoms with Crippen molar-refractivity contribution in [1.29, 1.82) is 0 Å². The average molecular weight is 313 g/mol. The Morgan fingerprint density at radius 2 is 1.91 bits per heavy atom. The fourth-order valence-electron chi connectivity index (χ4n) is 4.68. The monoisotopic (exact) mass is 313 g/mol. The van der Waals surface area contributed by atoms with Crippen molar-refractivity contribution in [2.24, 2.45) is 10.8 Å². The van der Waals surface area contributed by atoms with E-state index in [1.165, 1.54) is 17.6 Å². The molecule has 1 aliphatic carbocycles. The predicted molar refractivity (Wildman–Crippen MR) is 96.4 cm³/mol. The van der Waals surface area contributed by atoms with Crippen LogP contribution in [-0.2, 0) is 6.42 Å². The van der Waals surface area contributed by atoms with Gasteiger partial charge in [-0.25, -0.2) is 0 Å². The van der Waals surface area contributed by atoms with E-state index in [9.17, 15) is 5.11 Å². The molecule has 0 amide bonds. The van der Waals surface area contributed by atoms with Gasteiger partial charge in [-0.1, -0.05) is 62.8 Å². The van der Waals surface area contributed by atoms with Crippen LogP contribution in [0.4, 0.5) is 0 Å². The van der Waals surface area contributed by atoms with Gasteiger partial charge in [0, 0.05) is 23.9 Å². The molecule has 1 N–H and O–H groups in total. The molecule has 1 aromatic carbocycles. The van der Waals surface area contributed by atoms with Gasteiger partial charge in [0.2, 0.25) is 0 Å². The molecule has 0 aromatic heterocycles. The highest BCUT2D eigenvalue weighted by atomic mass is 16.3. The number of nitrogens with zero attached hydrogens (tertiary/aromatic N) is 1. The lowest BCUT2D eigenvalue weighted by atomic mass is 9.58. The predicted octanol–water partition coefficient (Wildman–Crippen LogP) is 4.05. The molecule has 0 bridgehead atoms. The molecule has 2 heteroatoms. The standard InChI is InChI=1S/C21H31NO/c1-20(2)18-12-15-22(16-21(18,3)13-11-19(20)23)14-7-10-17-8-5-4-6-9-17/h4-6,8-9,12,19,23H,7,10-11,13-16H2,1-3H3/t19-,21+/m0/s1. The molecule has 2 atom stereocenters. The van der Waals surface area contributed by atoms with Crippen molar-refractivity contribution >= 4 is 0 Å². The summed E-state index contributed by atoms with van der Waals surface area (Å²) < 4.78 is 0. The summed E-state index contributed by atoms with van der Waals surface area (Å²) in [6, 6.07) is 10.8. The molecule has 1 fully saturated rings. The molecule has 0 spiro atoms. The summed E-state index contributed by atoms with van der Waals surface area (Å²) in [5, 5.41) is 10.4. The summed E-state index contributed by atoms with van der Waals surface area (Å²) in [5.74, 6) is 0. The van der Waals surface area contributed by atoms with Gasteiger partial charge in [0.25, 0.3) is 0 Å². The molecule has 2 nitrogen and oxygen atoms in total. The first-order valence-corrected chi connectivity index (χ1v) is 9.07. The second-order valence-electron chi connectivity index (χ2n) is 8.28. The van der Waals surface area contributed by atoms with E-state index in [1.54, 1.807) is 0 Å². The van der Waals surface area contributed by atoms with Crippen LogP contribution in [0.2, 0.25) is 0 Å². The number of rotatable bonds is 4. The van der Waals surface area contributed by atoms with Crippen LogP contribution in [0, 0.1) is 10.8 Å². The van der Waals surface area contributed by atoms with Crippen molar-refractivity contribution in [3.05, 3.63) is 47.5 Å². The Bertz CT molecular complexity index is 562. The number of aryl methyl sites for hydroxylation is 1. The van der Waals surface area contributed by atoms with E-state index in [2.05, 4.69) is 62.1 Å². The topological polar surface area (TPSA) is 23.5 Å². The first-order valence-electron chi connectivity index (χ1n) is 9.07. The van der Waals surface area contributed by atoms with Crippen molar-refractivity contribution < 1.29 is 5.11 Å². The summed E-state index contributed by atoms with van der Waals surface area (Å²) in [5.41, 5.74) is 3.11. The van der Waals surface area contributed by atoms with Crippen LogP contribution in [0.5, 0.6) is 0 Å². The van der Waals surface area contributed by atoms with Crippen LogP contribution in [-0.4, -0.2) is 35.7 Å². The first kappa shape index (κ1) is 16.7. The maximum Gasteiger partial charge on any atom is 0.0628 e. The molecule has 0 saturated heterocycles. The lowest BCUT2D eigenvalue weighted by molar-refractivity contribution is -0.00173. The molecule has 1 saturated carbocycles. The third-order valence-electron chi connectivity index (χ3n) is 6.06. The Labute approximate surface area is 141 Å². The van der Waals surface area contributed by atoms with E-state index >= 15 is 0 Å². The van der Waals surface area contributed by atoms with Crippen molar-refractivity contribution in [3.63, 3.8) is 0 Å². The van der Waals surface area contributed by atoms with Gasteiger partial charge in [-0.2, -0.15) is 0 Å². The number of aliphatic hydroxyl groups excluding tert-OH is 1. The molecule has 0 radical (unpaired) electrons. The van der Waals surface area contributed by atoms with Crippen LogP contribution >= 0.6 is 0 Å². The van der Waals surface area contributed by atoms with Gasteiger partial charge in [0.05, 0.1) is 6.10 Å². The van der Waals surface area contributed by atoms with Gasteiger partial charge in [-0.15, -0.1) is 0 Å². The van der Waals surface area contributed by atoms with Crippen molar-refractivity contribution in [1.82, 2.24) is 4.90 Å².